The van der Waals surface area contributed by atoms with Crippen molar-refractivity contribution < 1.29 is 4.79 Å². The van der Waals surface area contributed by atoms with Crippen LogP contribution in [0.15, 0.2) is 49.2 Å². The van der Waals surface area contributed by atoms with Gasteiger partial charge in [-0.1, -0.05) is 0 Å². The Morgan fingerprint density at radius 1 is 1.03 bits per heavy atom. The second-order valence-electron chi connectivity index (χ2n) is 7.94. The Kier molecular flexibility index (Phi) is 5.14. The van der Waals surface area contributed by atoms with Gasteiger partial charge in [-0.25, -0.2) is 14.3 Å². The predicted molar refractivity (Wildman–Crippen MR) is 124 cm³/mol. The zero-order chi connectivity index (χ0) is 22.9. The van der Waals surface area contributed by atoms with E-state index in [1.807, 2.05) is 43.8 Å². The van der Waals surface area contributed by atoms with Crippen LogP contribution in [0.25, 0.3) is 27.8 Å². The van der Waals surface area contributed by atoms with Gasteiger partial charge in [0.15, 0.2) is 0 Å². The van der Waals surface area contributed by atoms with Crippen molar-refractivity contribution in [1.29, 1.82) is 5.26 Å². The monoisotopic (exact) mass is 441 g/mol. The zero-order valence-electron chi connectivity index (χ0n) is 18.4. The average Bonchev–Trinajstić information content (AvgIpc) is 3.49. The molecule has 0 aliphatic carbocycles. The number of nitrogens with one attached hydrogen (secondary N) is 1. The lowest BCUT2D eigenvalue weighted by molar-refractivity contribution is 0.196. The standard InChI is InChI=1S/C23H23N9O/c1-25-23(33)31-7-5-30(6-8-31)21-4-3-16(11-26-21)20-9-17(19-13-27-29(2)14-19)15-32-22(20)18(10-24)12-28-32/h3-4,9,11-15H,5-8H2,1-2H3,(H,25,33). The van der Waals surface area contributed by atoms with Crippen molar-refractivity contribution in [3.63, 3.8) is 0 Å². The first kappa shape index (κ1) is 20.5. The summed E-state index contributed by atoms with van der Waals surface area (Å²) in [5.41, 5.74) is 4.96. The van der Waals surface area contributed by atoms with Crippen LogP contribution in [0.4, 0.5) is 10.6 Å². The van der Waals surface area contributed by atoms with Crippen LogP contribution in [-0.2, 0) is 7.05 Å². The van der Waals surface area contributed by atoms with Crippen molar-refractivity contribution in [3.05, 3.63) is 54.7 Å². The number of pyridine rings is 2. The highest BCUT2D eigenvalue weighted by Gasteiger charge is 2.21. The highest BCUT2D eigenvalue weighted by molar-refractivity contribution is 5.87. The van der Waals surface area contributed by atoms with Gasteiger partial charge in [-0.15, -0.1) is 0 Å². The zero-order valence-corrected chi connectivity index (χ0v) is 18.4. The SMILES string of the molecule is CNC(=O)N1CCN(c2ccc(-c3cc(-c4cnn(C)c4)cn4ncc(C#N)c34)cn2)CC1. The van der Waals surface area contributed by atoms with E-state index in [2.05, 4.69) is 26.5 Å². The number of anilines is 1. The first-order valence-electron chi connectivity index (χ1n) is 10.7. The number of nitriles is 1. The molecule has 4 aromatic rings. The second-order valence-corrected chi connectivity index (χ2v) is 7.94. The van der Waals surface area contributed by atoms with E-state index in [0.717, 1.165) is 46.7 Å². The number of aryl methyl sites for hydroxylation is 1. The largest absolute Gasteiger partial charge is 0.353 e. The number of nitrogens with zero attached hydrogens (tertiary/aromatic N) is 8. The molecule has 33 heavy (non-hydrogen) atoms. The van der Waals surface area contributed by atoms with Crippen LogP contribution in [-0.4, -0.2) is 68.5 Å². The van der Waals surface area contributed by atoms with Crippen molar-refractivity contribution in [3.8, 4) is 28.3 Å². The molecule has 5 heterocycles. The van der Waals surface area contributed by atoms with Crippen molar-refractivity contribution in [1.82, 2.24) is 34.6 Å². The number of carbonyl (C=O) groups is 1. The van der Waals surface area contributed by atoms with Gasteiger partial charge in [-0.3, -0.25) is 4.68 Å². The van der Waals surface area contributed by atoms with Crippen molar-refractivity contribution in [2.75, 3.05) is 38.1 Å². The van der Waals surface area contributed by atoms with E-state index in [1.165, 1.54) is 0 Å². The number of hydrogen-bond acceptors (Lipinski definition) is 6. The first-order valence-corrected chi connectivity index (χ1v) is 10.7. The summed E-state index contributed by atoms with van der Waals surface area (Å²) in [6, 6.07) is 8.24. The molecule has 0 bridgehead atoms. The molecule has 0 saturated carbocycles. The van der Waals surface area contributed by atoms with E-state index in [9.17, 15) is 10.1 Å². The number of aromatic nitrogens is 5. The van der Waals surface area contributed by atoms with Crippen LogP contribution >= 0.6 is 0 Å². The number of fused-ring (bicyclic) bond motifs is 1. The molecule has 0 radical (unpaired) electrons. The molecule has 166 valence electrons. The number of hydrogen-bond donors (Lipinski definition) is 1. The summed E-state index contributed by atoms with van der Waals surface area (Å²) < 4.78 is 3.49. The lowest BCUT2D eigenvalue weighted by Gasteiger charge is -2.35. The van der Waals surface area contributed by atoms with E-state index in [1.54, 1.807) is 33.5 Å². The summed E-state index contributed by atoms with van der Waals surface area (Å²) >= 11 is 0. The molecule has 2 amide bonds. The van der Waals surface area contributed by atoms with Crippen LogP contribution in [0.2, 0.25) is 0 Å². The number of amides is 2. The number of rotatable bonds is 3. The normalized spacial score (nSPS) is 13.8. The third kappa shape index (κ3) is 3.74. The Bertz CT molecular complexity index is 1360. The predicted octanol–water partition coefficient (Wildman–Crippen LogP) is 2.13. The van der Waals surface area contributed by atoms with Crippen LogP contribution in [0, 0.1) is 11.3 Å². The van der Waals surface area contributed by atoms with Gasteiger partial charge >= 0.3 is 6.03 Å². The van der Waals surface area contributed by atoms with Crippen LogP contribution in [0.3, 0.4) is 0 Å². The molecule has 0 aromatic carbocycles. The molecule has 5 rings (SSSR count). The minimum absolute atomic E-state index is 0.0513. The summed E-state index contributed by atoms with van der Waals surface area (Å²) in [5.74, 6) is 0.865. The third-order valence-corrected chi connectivity index (χ3v) is 5.93. The fourth-order valence-electron chi connectivity index (χ4n) is 4.18. The molecule has 0 unspecified atom stereocenters. The third-order valence-electron chi connectivity index (χ3n) is 5.93. The minimum Gasteiger partial charge on any atom is -0.353 e. The molecule has 4 aromatic heterocycles. The smallest absolute Gasteiger partial charge is 0.317 e. The van der Waals surface area contributed by atoms with Gasteiger partial charge in [0.25, 0.3) is 0 Å². The highest BCUT2D eigenvalue weighted by atomic mass is 16.2. The Labute approximate surface area is 190 Å². The molecule has 1 aliphatic rings. The quantitative estimate of drug-likeness (QED) is 0.522. The molecule has 10 heteroatoms. The van der Waals surface area contributed by atoms with Gasteiger partial charge in [0, 0.05) is 81.1 Å². The lowest BCUT2D eigenvalue weighted by atomic mass is 10.0. The van der Waals surface area contributed by atoms with E-state index < -0.39 is 0 Å². The summed E-state index contributed by atoms with van der Waals surface area (Å²) in [7, 11) is 3.52. The fourth-order valence-corrected chi connectivity index (χ4v) is 4.18. The van der Waals surface area contributed by atoms with Gasteiger partial charge in [0.2, 0.25) is 0 Å². The Balaban J connectivity index is 1.48. The van der Waals surface area contributed by atoms with E-state index >= 15 is 0 Å². The highest BCUT2D eigenvalue weighted by Crippen LogP contribution is 2.32. The molecule has 0 atom stereocenters. The molecule has 1 aliphatic heterocycles. The van der Waals surface area contributed by atoms with E-state index in [4.69, 9.17) is 4.98 Å². The molecule has 1 N–H and O–H groups in total. The summed E-state index contributed by atoms with van der Waals surface area (Å²) in [5, 5.41) is 20.9. The van der Waals surface area contributed by atoms with Crippen LogP contribution < -0.4 is 10.2 Å². The summed E-state index contributed by atoms with van der Waals surface area (Å²) in [6.07, 6.45) is 9.07. The maximum Gasteiger partial charge on any atom is 0.317 e. The maximum absolute atomic E-state index is 11.8. The van der Waals surface area contributed by atoms with Gasteiger partial charge in [0.05, 0.1) is 23.5 Å². The lowest BCUT2D eigenvalue weighted by Crippen LogP contribution is -2.51. The Hall–Kier alpha value is -4.39. The number of piperazine rings is 1. The summed E-state index contributed by atoms with van der Waals surface area (Å²) in [6.45, 7) is 2.75. The van der Waals surface area contributed by atoms with E-state index in [-0.39, 0.29) is 6.03 Å². The molecular formula is C23H23N9O. The van der Waals surface area contributed by atoms with Crippen LogP contribution in [0.1, 0.15) is 5.56 Å². The van der Waals surface area contributed by atoms with Crippen molar-refractivity contribution in [2.45, 2.75) is 0 Å². The molecule has 1 fully saturated rings. The molecule has 10 nitrogen and oxygen atoms in total. The maximum atomic E-state index is 11.8. The molecular weight excluding hydrogens is 418 g/mol. The van der Waals surface area contributed by atoms with Gasteiger partial charge in [-0.05, 0) is 18.2 Å². The van der Waals surface area contributed by atoms with Gasteiger partial charge in [0.1, 0.15) is 11.9 Å². The fraction of sp³-hybridized carbons (Fsp3) is 0.261. The van der Waals surface area contributed by atoms with Crippen LogP contribution in [0.5, 0.6) is 0 Å². The van der Waals surface area contributed by atoms with Crippen molar-refractivity contribution >= 4 is 17.4 Å². The first-order chi connectivity index (χ1) is 16.1. The number of carbonyl (C=O) groups excluding carboxylic acids is 1. The molecule has 0 spiro atoms. The Morgan fingerprint density at radius 3 is 2.48 bits per heavy atom. The second kappa shape index (κ2) is 8.27. The Morgan fingerprint density at radius 2 is 1.85 bits per heavy atom. The van der Waals surface area contributed by atoms with Gasteiger partial charge in [-0.2, -0.15) is 15.5 Å². The van der Waals surface area contributed by atoms with Crippen molar-refractivity contribution in [2.24, 2.45) is 7.05 Å². The van der Waals surface area contributed by atoms with Gasteiger partial charge < -0.3 is 15.1 Å². The average molecular weight is 441 g/mol. The minimum atomic E-state index is -0.0513. The summed E-state index contributed by atoms with van der Waals surface area (Å²) in [4.78, 5) is 20.5. The van der Waals surface area contributed by atoms with E-state index in [0.29, 0.717) is 18.7 Å². The topological polar surface area (TPSA) is 107 Å². The molecule has 1 saturated heterocycles. The number of urea groups is 1.